The monoisotopic (exact) mass is 508 g/mol. The minimum Gasteiger partial charge on any atom is -0.374 e. The summed E-state index contributed by atoms with van der Waals surface area (Å²) in [6.07, 6.45) is -1.93. The normalized spacial score (nSPS) is 27.9. The van der Waals surface area contributed by atoms with Gasteiger partial charge in [0.15, 0.2) is 11.2 Å². The smallest absolute Gasteiger partial charge is 0.166 e. The molecule has 0 N–H and O–H groups in total. The van der Waals surface area contributed by atoms with Gasteiger partial charge in [0.05, 0.1) is 30.6 Å². The highest BCUT2D eigenvalue weighted by Gasteiger charge is 2.57. The van der Waals surface area contributed by atoms with Gasteiger partial charge in [-0.15, -0.1) is 0 Å². The molecule has 6 atom stereocenters. The van der Waals surface area contributed by atoms with Gasteiger partial charge in [-0.25, -0.2) is 0 Å². The number of hydrogen-bond acceptors (Lipinski definition) is 6. The Hall–Kier alpha value is -2.39. The molecule has 36 heavy (non-hydrogen) atoms. The molecule has 0 aliphatic carbocycles. The van der Waals surface area contributed by atoms with E-state index >= 15 is 0 Å². The van der Waals surface area contributed by atoms with Crippen LogP contribution in [-0.4, -0.2) is 46.5 Å². The molecule has 5 rings (SSSR count). The molecule has 2 heterocycles. The molecule has 3 aromatic rings. The minimum atomic E-state index is -1.49. The predicted octanol–water partition coefficient (Wildman–Crippen LogP) is 4.84. The van der Waals surface area contributed by atoms with Gasteiger partial charge in [-0.05, 0) is 37.1 Å². The van der Waals surface area contributed by atoms with Crippen molar-refractivity contribution < 1.29 is 27.9 Å². The summed E-state index contributed by atoms with van der Waals surface area (Å²) in [7, 11) is -1.49. The summed E-state index contributed by atoms with van der Waals surface area (Å²) in [5, 5.41) is 0. The zero-order valence-corrected chi connectivity index (χ0v) is 21.3. The first-order valence-electron chi connectivity index (χ1n) is 12.2. The highest BCUT2D eigenvalue weighted by Crippen LogP contribution is 2.40. The van der Waals surface area contributed by atoms with E-state index in [1.165, 1.54) is 0 Å². The fraction of sp³-hybridized carbons (Fsp3) is 0.379. The van der Waals surface area contributed by atoms with Gasteiger partial charge in [-0.2, -0.15) is 0 Å². The van der Waals surface area contributed by atoms with Gasteiger partial charge in [-0.3, -0.25) is 4.21 Å². The SMILES string of the molecule is CC1(C)O[C@@H]2[C@@H](OCc3ccccc3)[C@H](S(=O)c3ccccc3)O[C@H](COCc3ccccc3)[C@@H]2O1. The van der Waals surface area contributed by atoms with Crippen molar-refractivity contribution in [1.29, 1.82) is 0 Å². The third-order valence-electron chi connectivity index (χ3n) is 6.30. The summed E-state index contributed by atoms with van der Waals surface area (Å²) in [5.74, 6) is -0.826. The van der Waals surface area contributed by atoms with Gasteiger partial charge in [0, 0.05) is 4.90 Å². The third kappa shape index (κ3) is 5.94. The van der Waals surface area contributed by atoms with E-state index < -0.39 is 46.4 Å². The van der Waals surface area contributed by atoms with Gasteiger partial charge in [0.25, 0.3) is 0 Å². The molecule has 190 valence electrons. The van der Waals surface area contributed by atoms with Crippen molar-refractivity contribution in [2.24, 2.45) is 0 Å². The minimum absolute atomic E-state index is 0.281. The first-order chi connectivity index (χ1) is 17.5. The van der Waals surface area contributed by atoms with E-state index in [2.05, 4.69) is 0 Å². The fourth-order valence-electron chi connectivity index (χ4n) is 4.64. The Balaban J connectivity index is 1.39. The number of ether oxygens (including phenoxy) is 5. The number of fused-ring (bicyclic) bond motifs is 1. The van der Waals surface area contributed by atoms with Crippen LogP contribution in [0.25, 0.3) is 0 Å². The van der Waals surface area contributed by atoms with Crippen LogP contribution in [-0.2, 0) is 47.7 Å². The standard InChI is InChI=1S/C29H32O6S/c1-29(2)34-25-24(20-31-18-21-12-6-3-7-13-21)33-28(36(30)23-16-10-5-11-17-23)27(26(25)35-29)32-19-22-14-8-4-9-15-22/h3-17,24-28H,18-20H2,1-2H3/t24-,25+,26+,27-,28+,36?/m1/s1. The van der Waals surface area contributed by atoms with Crippen LogP contribution >= 0.6 is 0 Å². The van der Waals surface area contributed by atoms with Crippen LogP contribution in [0.2, 0.25) is 0 Å². The van der Waals surface area contributed by atoms with Gasteiger partial charge in [-0.1, -0.05) is 78.9 Å². The van der Waals surface area contributed by atoms with Crippen molar-refractivity contribution in [2.45, 2.75) is 67.6 Å². The van der Waals surface area contributed by atoms with Crippen LogP contribution in [0.4, 0.5) is 0 Å². The lowest BCUT2D eigenvalue weighted by molar-refractivity contribution is -0.193. The summed E-state index contributed by atoms with van der Waals surface area (Å²) in [4.78, 5) is 0.677. The van der Waals surface area contributed by atoms with Crippen LogP contribution in [0.3, 0.4) is 0 Å². The summed E-state index contributed by atoms with van der Waals surface area (Å²) in [5.41, 5.74) is 1.34. The molecular formula is C29H32O6S. The largest absolute Gasteiger partial charge is 0.374 e. The molecule has 0 spiro atoms. The van der Waals surface area contributed by atoms with E-state index in [4.69, 9.17) is 23.7 Å². The van der Waals surface area contributed by atoms with Crippen LogP contribution < -0.4 is 0 Å². The van der Waals surface area contributed by atoms with Crippen molar-refractivity contribution in [2.75, 3.05) is 6.61 Å². The second kappa shape index (κ2) is 11.3. The Kier molecular flexibility index (Phi) is 7.96. The van der Waals surface area contributed by atoms with Crippen LogP contribution in [0.15, 0.2) is 95.9 Å². The summed E-state index contributed by atoms with van der Waals surface area (Å²) in [6.45, 7) is 4.83. The zero-order chi connectivity index (χ0) is 25.0. The molecule has 1 unspecified atom stereocenters. The maximum absolute atomic E-state index is 13.8. The van der Waals surface area contributed by atoms with E-state index in [1.54, 1.807) is 0 Å². The predicted molar refractivity (Wildman–Crippen MR) is 136 cm³/mol. The third-order valence-corrected chi connectivity index (χ3v) is 7.83. The van der Waals surface area contributed by atoms with E-state index in [-0.39, 0.29) is 6.61 Å². The molecule has 2 saturated heterocycles. The highest BCUT2D eigenvalue weighted by molar-refractivity contribution is 7.85. The van der Waals surface area contributed by atoms with Crippen molar-refractivity contribution in [3.05, 3.63) is 102 Å². The van der Waals surface area contributed by atoms with Crippen LogP contribution in [0, 0.1) is 0 Å². The van der Waals surface area contributed by atoms with Crippen molar-refractivity contribution in [1.82, 2.24) is 0 Å². The molecule has 0 amide bonds. The first kappa shape index (κ1) is 25.3. The van der Waals surface area contributed by atoms with Gasteiger partial charge < -0.3 is 23.7 Å². The maximum atomic E-state index is 13.8. The summed E-state index contributed by atoms with van der Waals surface area (Å²) < 4.78 is 45.3. The van der Waals surface area contributed by atoms with Crippen molar-refractivity contribution in [3.63, 3.8) is 0 Å². The van der Waals surface area contributed by atoms with Gasteiger partial charge in [0.2, 0.25) is 0 Å². The quantitative estimate of drug-likeness (QED) is 0.412. The van der Waals surface area contributed by atoms with E-state index in [0.29, 0.717) is 18.1 Å². The van der Waals surface area contributed by atoms with Crippen LogP contribution in [0.5, 0.6) is 0 Å². The molecule has 2 aliphatic heterocycles. The van der Waals surface area contributed by atoms with E-state index in [0.717, 1.165) is 11.1 Å². The molecule has 2 aliphatic rings. The fourth-order valence-corrected chi connectivity index (χ4v) is 6.06. The average Bonchev–Trinajstić information content (AvgIpc) is 3.24. The Morgan fingerprint density at radius 2 is 1.33 bits per heavy atom. The second-order valence-corrected chi connectivity index (χ2v) is 11.0. The lowest BCUT2D eigenvalue weighted by Gasteiger charge is -2.41. The van der Waals surface area contributed by atoms with Crippen LogP contribution in [0.1, 0.15) is 25.0 Å². The van der Waals surface area contributed by atoms with Gasteiger partial charge in [0.1, 0.15) is 24.4 Å². The Morgan fingerprint density at radius 1 is 0.778 bits per heavy atom. The number of rotatable bonds is 9. The van der Waals surface area contributed by atoms with E-state index in [9.17, 15) is 4.21 Å². The van der Waals surface area contributed by atoms with Crippen molar-refractivity contribution >= 4 is 10.8 Å². The molecule has 0 bridgehead atoms. The summed E-state index contributed by atoms with van der Waals surface area (Å²) >= 11 is 0. The number of hydrogen-bond donors (Lipinski definition) is 0. The lowest BCUT2D eigenvalue weighted by atomic mass is 10.00. The molecule has 0 aromatic heterocycles. The lowest BCUT2D eigenvalue weighted by Crippen LogP contribution is -2.59. The summed E-state index contributed by atoms with van der Waals surface area (Å²) in [6, 6.07) is 29.2. The van der Waals surface area contributed by atoms with Crippen molar-refractivity contribution in [3.8, 4) is 0 Å². The second-order valence-electron chi connectivity index (χ2n) is 9.48. The zero-order valence-electron chi connectivity index (χ0n) is 20.5. The Labute approximate surface area is 214 Å². The topological polar surface area (TPSA) is 63.2 Å². The molecule has 7 heteroatoms. The average molecular weight is 509 g/mol. The molecular weight excluding hydrogens is 476 g/mol. The molecule has 0 saturated carbocycles. The van der Waals surface area contributed by atoms with E-state index in [1.807, 2.05) is 105 Å². The molecule has 6 nitrogen and oxygen atoms in total. The first-order valence-corrected chi connectivity index (χ1v) is 13.5. The molecule has 0 radical (unpaired) electrons. The highest BCUT2D eigenvalue weighted by atomic mass is 32.2. The Bertz CT molecular complexity index is 1120. The number of benzene rings is 3. The Morgan fingerprint density at radius 3 is 1.97 bits per heavy atom. The molecule has 2 fully saturated rings. The maximum Gasteiger partial charge on any atom is 0.166 e. The molecule has 3 aromatic carbocycles. The van der Waals surface area contributed by atoms with Gasteiger partial charge >= 0.3 is 0 Å².